The molecule has 5 nitrogen and oxygen atoms in total. The Kier molecular flexibility index (Phi) is 8.28. The van der Waals surface area contributed by atoms with Crippen LogP contribution in [0, 0.1) is 0 Å². The van der Waals surface area contributed by atoms with Gasteiger partial charge in [0, 0.05) is 5.69 Å². The first-order valence-electron chi connectivity index (χ1n) is 8.93. The molecule has 140 valence electrons. The molecule has 0 aliphatic carbocycles. The summed E-state index contributed by atoms with van der Waals surface area (Å²) in [5.74, 6) is -0.197. The predicted molar refractivity (Wildman–Crippen MR) is 104 cm³/mol. The molecule has 26 heavy (non-hydrogen) atoms. The number of ether oxygens (including phenoxy) is 2. The number of hydrogen-bond donors (Lipinski definition) is 2. The van der Waals surface area contributed by atoms with Gasteiger partial charge in [0.15, 0.2) is 0 Å². The maximum absolute atomic E-state index is 12.3. The number of amides is 1. The van der Waals surface area contributed by atoms with Gasteiger partial charge in [-0.25, -0.2) is 0 Å². The summed E-state index contributed by atoms with van der Waals surface area (Å²) in [5, 5.41) is 2.87. The van der Waals surface area contributed by atoms with Gasteiger partial charge in [0.25, 0.3) is 0 Å². The van der Waals surface area contributed by atoms with Gasteiger partial charge < -0.3 is 20.5 Å². The number of carbonyl (C=O) groups is 1. The smallest absolute Gasteiger partial charge is 0.241 e. The quantitative estimate of drug-likeness (QED) is 0.642. The van der Waals surface area contributed by atoms with E-state index in [0.29, 0.717) is 26.2 Å². The van der Waals surface area contributed by atoms with Gasteiger partial charge in [0.1, 0.15) is 0 Å². The minimum atomic E-state index is -0.592. The molecule has 1 amide bonds. The molecule has 2 aromatic carbocycles. The van der Waals surface area contributed by atoms with Crippen molar-refractivity contribution in [2.75, 3.05) is 18.5 Å². The summed E-state index contributed by atoms with van der Waals surface area (Å²) in [7, 11) is 0. The second kappa shape index (κ2) is 10.7. The standard InChI is InChI=1S/C21H28N2O3/c1-16(2)26-12-11-25-15-18-9-6-10-19(13-18)23-21(24)20(22)14-17-7-4-3-5-8-17/h3-10,13,16,20H,11-12,14-15,22H2,1-2H3,(H,23,24)/t20-/m0/s1. The summed E-state index contributed by atoms with van der Waals surface area (Å²) in [5.41, 5.74) is 8.78. The van der Waals surface area contributed by atoms with E-state index in [2.05, 4.69) is 5.32 Å². The lowest BCUT2D eigenvalue weighted by Crippen LogP contribution is -2.37. The van der Waals surface area contributed by atoms with E-state index in [-0.39, 0.29) is 12.0 Å². The molecular weight excluding hydrogens is 328 g/mol. The van der Waals surface area contributed by atoms with Crippen LogP contribution in [0.5, 0.6) is 0 Å². The molecule has 2 aromatic rings. The van der Waals surface area contributed by atoms with Crippen LogP contribution >= 0.6 is 0 Å². The van der Waals surface area contributed by atoms with Gasteiger partial charge in [-0.1, -0.05) is 42.5 Å². The first-order valence-corrected chi connectivity index (χ1v) is 8.93. The average molecular weight is 356 g/mol. The van der Waals surface area contributed by atoms with Crippen molar-refractivity contribution in [3.8, 4) is 0 Å². The third-order valence-corrected chi connectivity index (χ3v) is 3.78. The molecule has 0 aliphatic heterocycles. The minimum Gasteiger partial charge on any atom is -0.376 e. The largest absolute Gasteiger partial charge is 0.376 e. The Morgan fingerprint density at radius 3 is 2.50 bits per heavy atom. The van der Waals surface area contributed by atoms with E-state index < -0.39 is 6.04 Å². The van der Waals surface area contributed by atoms with Crippen molar-refractivity contribution in [1.82, 2.24) is 0 Å². The highest BCUT2D eigenvalue weighted by Gasteiger charge is 2.14. The normalized spacial score (nSPS) is 12.2. The lowest BCUT2D eigenvalue weighted by molar-refractivity contribution is -0.117. The molecule has 0 spiro atoms. The summed E-state index contributed by atoms with van der Waals surface area (Å²) in [4.78, 5) is 12.3. The van der Waals surface area contributed by atoms with Crippen LogP contribution in [0.25, 0.3) is 0 Å². The van der Waals surface area contributed by atoms with Crippen LogP contribution in [-0.4, -0.2) is 31.3 Å². The SMILES string of the molecule is CC(C)OCCOCc1cccc(NC(=O)[C@@H](N)Cc2ccccc2)c1. The third kappa shape index (κ3) is 7.35. The van der Waals surface area contributed by atoms with Gasteiger partial charge in [0.05, 0.1) is 32.0 Å². The van der Waals surface area contributed by atoms with Crippen molar-refractivity contribution in [2.45, 2.75) is 39.0 Å². The fraction of sp³-hybridized carbons (Fsp3) is 0.381. The molecule has 0 radical (unpaired) electrons. The van der Waals surface area contributed by atoms with Gasteiger partial charge in [-0.05, 0) is 43.5 Å². The number of benzene rings is 2. The molecule has 0 heterocycles. The fourth-order valence-corrected chi connectivity index (χ4v) is 2.47. The predicted octanol–water partition coefficient (Wildman–Crippen LogP) is 3.14. The summed E-state index contributed by atoms with van der Waals surface area (Å²) in [6.45, 7) is 5.57. The van der Waals surface area contributed by atoms with Crippen LogP contribution in [0.15, 0.2) is 54.6 Å². The van der Waals surface area contributed by atoms with Crippen molar-refractivity contribution >= 4 is 11.6 Å². The second-order valence-electron chi connectivity index (χ2n) is 6.46. The Bertz CT molecular complexity index is 674. The Morgan fingerprint density at radius 1 is 1.04 bits per heavy atom. The summed E-state index contributed by atoms with van der Waals surface area (Å²) < 4.78 is 11.0. The van der Waals surface area contributed by atoms with E-state index in [0.717, 1.165) is 16.8 Å². The highest BCUT2D eigenvalue weighted by atomic mass is 16.5. The average Bonchev–Trinajstić information content (AvgIpc) is 2.62. The summed E-state index contributed by atoms with van der Waals surface area (Å²) in [6, 6.07) is 16.8. The van der Waals surface area contributed by atoms with Gasteiger partial charge in [0.2, 0.25) is 5.91 Å². The number of hydrogen-bond acceptors (Lipinski definition) is 4. The number of nitrogens with one attached hydrogen (secondary N) is 1. The van der Waals surface area contributed by atoms with Gasteiger partial charge >= 0.3 is 0 Å². The maximum Gasteiger partial charge on any atom is 0.241 e. The molecule has 0 aliphatic rings. The highest BCUT2D eigenvalue weighted by molar-refractivity contribution is 5.94. The molecule has 0 unspecified atom stereocenters. The molecule has 3 N–H and O–H groups in total. The molecular formula is C21H28N2O3. The molecule has 0 fully saturated rings. The van der Waals surface area contributed by atoms with E-state index in [4.69, 9.17) is 15.2 Å². The van der Waals surface area contributed by atoms with E-state index in [1.54, 1.807) is 0 Å². The van der Waals surface area contributed by atoms with Crippen LogP contribution in [0.2, 0.25) is 0 Å². The monoisotopic (exact) mass is 356 g/mol. The Balaban J connectivity index is 1.80. The highest BCUT2D eigenvalue weighted by Crippen LogP contribution is 2.12. The van der Waals surface area contributed by atoms with E-state index in [9.17, 15) is 4.79 Å². The molecule has 1 atom stereocenters. The van der Waals surface area contributed by atoms with Gasteiger partial charge in [-0.15, -0.1) is 0 Å². The number of carbonyl (C=O) groups excluding carboxylic acids is 1. The van der Waals surface area contributed by atoms with Crippen LogP contribution in [-0.2, 0) is 27.3 Å². The van der Waals surface area contributed by atoms with Gasteiger partial charge in [-0.2, -0.15) is 0 Å². The molecule has 5 heteroatoms. The summed E-state index contributed by atoms with van der Waals surface area (Å²) in [6.07, 6.45) is 0.711. The lowest BCUT2D eigenvalue weighted by Gasteiger charge is -2.13. The fourth-order valence-electron chi connectivity index (χ4n) is 2.47. The summed E-state index contributed by atoms with van der Waals surface area (Å²) >= 11 is 0. The topological polar surface area (TPSA) is 73.6 Å². The Morgan fingerprint density at radius 2 is 1.77 bits per heavy atom. The molecule has 2 rings (SSSR count). The van der Waals surface area contributed by atoms with Crippen molar-refractivity contribution < 1.29 is 14.3 Å². The maximum atomic E-state index is 12.3. The first kappa shape index (κ1) is 20.1. The lowest BCUT2D eigenvalue weighted by atomic mass is 10.1. The second-order valence-corrected chi connectivity index (χ2v) is 6.46. The molecule has 0 saturated carbocycles. The molecule has 0 saturated heterocycles. The first-order chi connectivity index (χ1) is 12.5. The molecule has 0 aromatic heterocycles. The van der Waals surface area contributed by atoms with Crippen molar-refractivity contribution in [2.24, 2.45) is 5.73 Å². The van der Waals surface area contributed by atoms with Crippen molar-refractivity contribution in [1.29, 1.82) is 0 Å². The number of nitrogens with two attached hydrogens (primary N) is 1. The van der Waals surface area contributed by atoms with E-state index in [1.165, 1.54) is 0 Å². The number of anilines is 1. The zero-order chi connectivity index (χ0) is 18.8. The van der Waals surface area contributed by atoms with E-state index in [1.807, 2.05) is 68.4 Å². The van der Waals surface area contributed by atoms with Gasteiger partial charge in [-0.3, -0.25) is 4.79 Å². The van der Waals surface area contributed by atoms with Crippen LogP contribution < -0.4 is 11.1 Å². The van der Waals surface area contributed by atoms with Crippen molar-refractivity contribution in [3.05, 3.63) is 65.7 Å². The Labute approximate surface area is 155 Å². The third-order valence-electron chi connectivity index (χ3n) is 3.78. The zero-order valence-corrected chi connectivity index (χ0v) is 15.5. The van der Waals surface area contributed by atoms with E-state index >= 15 is 0 Å². The van der Waals surface area contributed by atoms with Crippen molar-refractivity contribution in [3.63, 3.8) is 0 Å². The molecule has 0 bridgehead atoms. The zero-order valence-electron chi connectivity index (χ0n) is 15.5. The van der Waals surface area contributed by atoms with Crippen LogP contribution in [0.3, 0.4) is 0 Å². The van der Waals surface area contributed by atoms with Crippen LogP contribution in [0.1, 0.15) is 25.0 Å². The number of rotatable bonds is 10. The minimum absolute atomic E-state index is 0.197. The Hall–Kier alpha value is -2.21. The van der Waals surface area contributed by atoms with Crippen LogP contribution in [0.4, 0.5) is 5.69 Å².